The molecule has 0 unspecified atom stereocenters. The van der Waals surface area contributed by atoms with E-state index < -0.39 is 0 Å². The van der Waals surface area contributed by atoms with Gasteiger partial charge in [-0.15, -0.1) is 0 Å². The maximum Gasteiger partial charge on any atom is 0.299 e. The lowest BCUT2D eigenvalue weighted by Gasteiger charge is -2.35. The van der Waals surface area contributed by atoms with Crippen LogP contribution in [0.15, 0.2) is 116 Å². The molecule has 0 amide bonds. The van der Waals surface area contributed by atoms with Gasteiger partial charge in [-0.2, -0.15) is 0 Å². The minimum Gasteiger partial charge on any atom is -0.469 e. The van der Waals surface area contributed by atoms with Gasteiger partial charge in [0.05, 0.1) is 10.6 Å². The molecule has 0 saturated carbocycles. The van der Waals surface area contributed by atoms with Crippen LogP contribution < -0.4 is 21.5 Å². The summed E-state index contributed by atoms with van der Waals surface area (Å²) in [6.07, 6.45) is 0. The molecular formula is C28H16BNO2S. The predicted molar refractivity (Wildman–Crippen MR) is 136 cm³/mol. The fraction of sp³-hybridized carbons (Fsp3) is 0. The minimum atomic E-state index is -0.0153. The lowest BCUT2D eigenvalue weighted by molar-refractivity contribution is 0.621. The van der Waals surface area contributed by atoms with Gasteiger partial charge in [0.1, 0.15) is 11.2 Å². The Hall–Kier alpha value is -3.83. The molecule has 0 radical (unpaired) electrons. The van der Waals surface area contributed by atoms with Gasteiger partial charge in [-0.3, -0.25) is 4.90 Å². The first-order chi connectivity index (χ1) is 16.4. The second kappa shape index (κ2) is 6.36. The molecule has 0 saturated heterocycles. The highest BCUT2D eigenvalue weighted by Crippen LogP contribution is 2.45. The van der Waals surface area contributed by atoms with Gasteiger partial charge >= 0.3 is 0 Å². The van der Waals surface area contributed by atoms with Crippen LogP contribution in [0.5, 0.6) is 0 Å². The topological polar surface area (TPSA) is 29.5 Å². The number of nitrogens with zero attached hydrogens (tertiary/aromatic N) is 1. The van der Waals surface area contributed by atoms with Crippen molar-refractivity contribution in [3.63, 3.8) is 0 Å². The largest absolute Gasteiger partial charge is 0.469 e. The Bertz CT molecular complexity index is 1720. The van der Waals surface area contributed by atoms with E-state index >= 15 is 0 Å². The lowest BCUT2D eigenvalue weighted by atomic mass is 9.37. The highest BCUT2D eigenvalue weighted by molar-refractivity contribution is 8.00. The molecule has 154 valence electrons. The fourth-order valence-electron chi connectivity index (χ4n) is 5.40. The fourth-order valence-corrected chi connectivity index (χ4v) is 6.64. The highest BCUT2D eigenvalue weighted by atomic mass is 32.2. The van der Waals surface area contributed by atoms with Crippen molar-refractivity contribution < 1.29 is 8.83 Å². The number of para-hydroxylation sites is 3. The third kappa shape index (κ3) is 2.27. The molecule has 2 aliphatic heterocycles. The first kappa shape index (κ1) is 17.7. The molecule has 33 heavy (non-hydrogen) atoms. The summed E-state index contributed by atoms with van der Waals surface area (Å²) in [5.41, 5.74) is 7.55. The summed E-state index contributed by atoms with van der Waals surface area (Å²) in [6.45, 7) is -0.0153. The van der Waals surface area contributed by atoms with E-state index in [-0.39, 0.29) is 6.71 Å². The molecule has 0 N–H and O–H groups in total. The van der Waals surface area contributed by atoms with E-state index in [2.05, 4.69) is 83.8 Å². The van der Waals surface area contributed by atoms with Crippen molar-refractivity contribution in [3.05, 3.63) is 97.1 Å². The zero-order valence-corrected chi connectivity index (χ0v) is 18.3. The Balaban J connectivity index is 1.53. The maximum atomic E-state index is 6.58. The van der Waals surface area contributed by atoms with Gasteiger partial charge in [-0.05, 0) is 47.9 Å². The van der Waals surface area contributed by atoms with Crippen LogP contribution in [0.25, 0.3) is 21.9 Å². The van der Waals surface area contributed by atoms with E-state index in [4.69, 9.17) is 8.83 Å². The van der Waals surface area contributed by atoms with Crippen molar-refractivity contribution in [1.82, 2.24) is 0 Å². The molecule has 3 nitrogen and oxygen atoms in total. The molecule has 6 aromatic rings. The number of rotatable bonds is 1. The number of furan rings is 2. The monoisotopic (exact) mass is 441 g/mol. The number of hydrogen-bond acceptors (Lipinski definition) is 4. The number of anilines is 3. The lowest BCUT2D eigenvalue weighted by Crippen LogP contribution is -2.59. The summed E-state index contributed by atoms with van der Waals surface area (Å²) in [6, 6.07) is 33.7. The van der Waals surface area contributed by atoms with Gasteiger partial charge in [0.25, 0.3) is 6.71 Å². The molecule has 0 aliphatic carbocycles. The Kier molecular flexibility index (Phi) is 3.41. The summed E-state index contributed by atoms with van der Waals surface area (Å²) in [5, 5.41) is 2.31. The van der Waals surface area contributed by atoms with E-state index in [9.17, 15) is 0 Å². The molecule has 8 rings (SSSR count). The Morgan fingerprint density at radius 1 is 0.636 bits per heavy atom. The van der Waals surface area contributed by atoms with Crippen molar-refractivity contribution >= 4 is 74.3 Å². The quantitative estimate of drug-likeness (QED) is 0.295. The molecule has 2 aromatic heterocycles. The van der Waals surface area contributed by atoms with Gasteiger partial charge in [0.2, 0.25) is 5.88 Å². The van der Waals surface area contributed by atoms with Crippen molar-refractivity contribution in [1.29, 1.82) is 0 Å². The number of benzene rings is 4. The molecular weight excluding hydrogens is 425 g/mol. The summed E-state index contributed by atoms with van der Waals surface area (Å²) in [7, 11) is 0. The molecule has 2 aliphatic rings. The SMILES string of the molecule is c1ccc(N2c3cccc4c3B(c3oc5ccccc5c3S4)c3c2oc2ccccc32)cc1. The van der Waals surface area contributed by atoms with Crippen LogP contribution in [-0.2, 0) is 0 Å². The predicted octanol–water partition coefficient (Wildman–Crippen LogP) is 5.94. The summed E-state index contributed by atoms with van der Waals surface area (Å²) in [4.78, 5) is 4.75. The van der Waals surface area contributed by atoms with Gasteiger partial charge in [0.15, 0.2) is 0 Å². The summed E-state index contributed by atoms with van der Waals surface area (Å²) in [5.74, 6) is 0.871. The number of fused-ring (bicyclic) bond motifs is 8. The van der Waals surface area contributed by atoms with Crippen LogP contribution in [0.2, 0.25) is 0 Å². The van der Waals surface area contributed by atoms with Crippen molar-refractivity contribution in [2.45, 2.75) is 9.79 Å². The van der Waals surface area contributed by atoms with Crippen LogP contribution in [0.4, 0.5) is 17.3 Å². The average Bonchev–Trinajstić information content (AvgIpc) is 3.43. The van der Waals surface area contributed by atoms with Crippen molar-refractivity contribution in [2.24, 2.45) is 0 Å². The Morgan fingerprint density at radius 2 is 1.36 bits per heavy atom. The molecule has 5 heteroatoms. The van der Waals surface area contributed by atoms with E-state index in [0.717, 1.165) is 39.5 Å². The zero-order chi connectivity index (χ0) is 21.5. The third-order valence-electron chi connectivity index (χ3n) is 6.74. The van der Waals surface area contributed by atoms with Crippen LogP contribution >= 0.6 is 11.8 Å². The van der Waals surface area contributed by atoms with Crippen molar-refractivity contribution in [3.8, 4) is 0 Å². The second-order valence-corrected chi connectivity index (χ2v) is 9.56. The molecule has 0 spiro atoms. The molecule has 4 heterocycles. The van der Waals surface area contributed by atoms with Gasteiger partial charge in [-0.25, -0.2) is 0 Å². The molecule has 4 aromatic carbocycles. The smallest absolute Gasteiger partial charge is 0.299 e. The first-order valence-corrected chi connectivity index (χ1v) is 11.9. The van der Waals surface area contributed by atoms with Gasteiger partial charge in [-0.1, -0.05) is 66.4 Å². The third-order valence-corrected chi connectivity index (χ3v) is 7.94. The standard InChI is InChI=1S/C28H16BNO2S/c1-2-9-17(10-3-1)30-20-13-8-16-23-25(20)29(24-18-11-4-6-14-21(18)32-28(24)30)27-26(33-23)19-12-5-7-15-22(19)31-27/h1-16H. The van der Waals surface area contributed by atoms with Gasteiger partial charge in [0, 0.05) is 32.5 Å². The second-order valence-electron chi connectivity index (χ2n) is 8.50. The Labute approximate surface area is 194 Å². The normalized spacial score (nSPS) is 13.8. The minimum absolute atomic E-state index is 0.0153. The maximum absolute atomic E-state index is 6.58. The van der Waals surface area contributed by atoms with Crippen molar-refractivity contribution in [2.75, 3.05) is 4.90 Å². The van der Waals surface area contributed by atoms with E-state index in [0.29, 0.717) is 0 Å². The summed E-state index contributed by atoms with van der Waals surface area (Å²) >= 11 is 1.81. The number of hydrogen-bond donors (Lipinski definition) is 0. The molecule has 0 bridgehead atoms. The molecule has 0 fully saturated rings. The first-order valence-electron chi connectivity index (χ1n) is 11.1. The molecule has 0 atom stereocenters. The van der Waals surface area contributed by atoms with Crippen LogP contribution in [0.3, 0.4) is 0 Å². The van der Waals surface area contributed by atoms with Crippen LogP contribution in [0, 0.1) is 0 Å². The van der Waals surface area contributed by atoms with E-state index in [1.165, 1.54) is 26.1 Å². The zero-order valence-electron chi connectivity index (χ0n) is 17.5. The average molecular weight is 441 g/mol. The van der Waals surface area contributed by atoms with Gasteiger partial charge < -0.3 is 8.83 Å². The van der Waals surface area contributed by atoms with E-state index in [1.54, 1.807) is 0 Å². The highest BCUT2D eigenvalue weighted by Gasteiger charge is 2.46. The Morgan fingerprint density at radius 3 is 2.21 bits per heavy atom. The van der Waals surface area contributed by atoms with Crippen LogP contribution in [0.1, 0.15) is 0 Å². The van der Waals surface area contributed by atoms with Crippen LogP contribution in [-0.4, -0.2) is 6.71 Å². The van der Waals surface area contributed by atoms with E-state index in [1.807, 2.05) is 30.0 Å². The summed E-state index contributed by atoms with van der Waals surface area (Å²) < 4.78 is 13.2.